The first-order chi connectivity index (χ1) is 41.6. The molecule has 4 aliphatic heterocycles. The highest BCUT2D eigenvalue weighted by molar-refractivity contribution is 6.13. The number of unbranched alkanes of at least 4 members (excludes halogenated alkanes) is 4. The number of aldehydes is 1. The number of likely N-dealkylation sites (N-methyl/N-ethyl adjacent to an activating group) is 2. The number of carbonyl (C=O) groups excluding carboxylic acids is 9. The minimum absolute atomic E-state index is 0.0382. The summed E-state index contributed by atoms with van der Waals surface area (Å²) in [5.41, 5.74) is 1.53. The fourth-order valence-electron chi connectivity index (χ4n) is 11.7. The molecule has 1 aliphatic carbocycles. The van der Waals surface area contributed by atoms with Gasteiger partial charge < -0.3 is 54.7 Å². The van der Waals surface area contributed by atoms with Crippen molar-refractivity contribution in [3.05, 3.63) is 95.6 Å². The molecule has 0 spiro atoms. The Hall–Kier alpha value is -8.41. The van der Waals surface area contributed by atoms with Crippen LogP contribution in [0.15, 0.2) is 78.9 Å². The minimum atomic E-state index is -1.44. The topological polar surface area (TPSA) is 266 Å². The van der Waals surface area contributed by atoms with Gasteiger partial charge in [0.2, 0.25) is 23.6 Å². The number of nitrogens with zero attached hydrogens (tertiary/aromatic N) is 6. The highest BCUT2D eigenvalue weighted by Crippen LogP contribution is 2.43. The number of imide groups is 1. The maximum absolute atomic E-state index is 14.3. The number of rotatable bonds is 26. The van der Waals surface area contributed by atoms with E-state index in [9.17, 15) is 48.3 Å². The van der Waals surface area contributed by atoms with E-state index in [-0.39, 0.29) is 66.7 Å². The number of carbonyl (C=O) groups is 9. The zero-order valence-corrected chi connectivity index (χ0v) is 49.1. The van der Waals surface area contributed by atoms with Crippen molar-refractivity contribution >= 4 is 81.8 Å². The van der Waals surface area contributed by atoms with E-state index in [2.05, 4.69) is 20.9 Å². The van der Waals surface area contributed by atoms with Crippen molar-refractivity contribution in [2.45, 2.75) is 102 Å². The number of hydrogen-bond acceptors (Lipinski definition) is 16. The molecule has 4 aromatic rings. The van der Waals surface area contributed by atoms with E-state index >= 15 is 0 Å². The van der Waals surface area contributed by atoms with E-state index in [1.54, 1.807) is 34.1 Å². The van der Waals surface area contributed by atoms with Crippen LogP contribution in [-0.2, 0) is 46.5 Å². The third-order valence-corrected chi connectivity index (χ3v) is 16.9. The van der Waals surface area contributed by atoms with Gasteiger partial charge in [-0.2, -0.15) is 0 Å². The highest BCUT2D eigenvalue weighted by atomic mass is 16.6. The summed E-state index contributed by atoms with van der Waals surface area (Å²) in [6, 6.07) is 18.5. The molecule has 3 fully saturated rings. The molecule has 1 unspecified atom stereocenters. The van der Waals surface area contributed by atoms with Crippen molar-refractivity contribution in [3.63, 3.8) is 0 Å². The van der Waals surface area contributed by atoms with Gasteiger partial charge in [0.15, 0.2) is 24.0 Å². The molecule has 23 heteroatoms. The molecule has 86 heavy (non-hydrogen) atoms. The Morgan fingerprint density at radius 1 is 0.791 bits per heavy atom. The molecule has 23 nitrogen and oxygen atoms in total. The lowest BCUT2D eigenvalue weighted by Gasteiger charge is -2.38. The summed E-state index contributed by atoms with van der Waals surface area (Å²) in [7, 11) is 5.29. The van der Waals surface area contributed by atoms with Gasteiger partial charge in [-0.25, -0.2) is 14.5 Å². The van der Waals surface area contributed by atoms with Gasteiger partial charge in [0.25, 0.3) is 11.8 Å². The van der Waals surface area contributed by atoms with Crippen LogP contribution in [0.5, 0.6) is 17.2 Å². The van der Waals surface area contributed by atoms with Crippen LogP contribution in [0, 0.1) is 5.41 Å². The van der Waals surface area contributed by atoms with Crippen molar-refractivity contribution in [3.8, 4) is 17.2 Å². The van der Waals surface area contributed by atoms with Gasteiger partial charge in [0.1, 0.15) is 17.8 Å². The van der Waals surface area contributed by atoms with Crippen LogP contribution in [0.4, 0.5) is 26.7 Å². The van der Waals surface area contributed by atoms with Crippen LogP contribution < -0.4 is 40.0 Å². The second kappa shape index (κ2) is 28.7. The number of methoxy groups -OCH3 is 1. The maximum Gasteiger partial charge on any atom is 0.416 e. The molecule has 0 bridgehead atoms. The summed E-state index contributed by atoms with van der Waals surface area (Å²) in [6.45, 7) is 4.03. The SMILES string of the molecule is COc1cc(C=O)c(N(C(=O)OCc2ccc(NC(=O)CNC(=O)C3(C(=O)NCCCCCN4C(=O)C=CC4=O)CCC3)cc2)C(O)[C@@H]2CCCN2C)cc1OCCCCCC(=O)N1CCc2c1cc(OC(=O)N1CCN(C)CC1)c1ccccc21. The predicted octanol–water partition coefficient (Wildman–Crippen LogP) is 5.93. The second-order valence-corrected chi connectivity index (χ2v) is 22.6. The molecule has 4 heterocycles. The summed E-state index contributed by atoms with van der Waals surface area (Å²) < 4.78 is 23.7. The van der Waals surface area contributed by atoms with Crippen LogP contribution in [0.3, 0.4) is 0 Å². The number of aliphatic hydroxyl groups excluding tert-OH is 1. The number of amides is 8. The average Bonchev–Trinajstić information content (AvgIpc) is 1.69. The quantitative estimate of drug-likeness (QED) is 0.0187. The Balaban J connectivity index is 0.758. The zero-order chi connectivity index (χ0) is 60.9. The van der Waals surface area contributed by atoms with Gasteiger partial charge in [-0.05, 0) is 126 Å². The van der Waals surface area contributed by atoms with E-state index in [0.717, 1.165) is 46.4 Å². The van der Waals surface area contributed by atoms with Crippen LogP contribution in [0.1, 0.15) is 98.5 Å². The second-order valence-electron chi connectivity index (χ2n) is 22.6. The average molecular weight is 1180 g/mol. The fourth-order valence-corrected chi connectivity index (χ4v) is 11.7. The first-order valence-electron chi connectivity index (χ1n) is 29.7. The number of piperazine rings is 1. The largest absolute Gasteiger partial charge is 0.493 e. The van der Waals surface area contributed by atoms with Crippen LogP contribution >= 0.6 is 0 Å². The standard InChI is InChI=1S/C63H77N9O14/c1-67-31-33-69(34-32-67)61(81)86-51-38-50-46(45-14-7-8-15-47(45)51)24-30-70(50)55(75)17-6-4-11-35-84-53-37-49(43(40-73)36-52(53)83-3)72(58(78)48-16-12-28-68(48)2)62(82)85-41-42-18-20-44(21-19-42)66-54(74)39-65-60(80)63(25-13-26-63)59(79)64-27-9-5-10-29-71-56(76)22-23-57(71)77/h7-8,14-15,18-23,36-38,40,48,58,78H,4-6,9-13,16-17,24-35,39,41H2,1-3H3,(H,64,79)(H,65,80)(H,66,74)/t48-,58?/m0/s1. The molecule has 458 valence electrons. The molecule has 0 radical (unpaired) electrons. The Kier molecular flexibility index (Phi) is 20.7. The number of aliphatic hydroxyl groups is 1. The van der Waals surface area contributed by atoms with E-state index in [4.69, 9.17) is 18.9 Å². The third-order valence-electron chi connectivity index (χ3n) is 16.9. The van der Waals surface area contributed by atoms with Crippen molar-refractivity contribution in [1.82, 2.24) is 30.2 Å². The molecule has 9 rings (SSSR count). The highest BCUT2D eigenvalue weighted by Gasteiger charge is 2.50. The number of ether oxygens (including phenoxy) is 4. The van der Waals surface area contributed by atoms with Gasteiger partial charge in [-0.3, -0.25) is 43.4 Å². The predicted molar refractivity (Wildman–Crippen MR) is 319 cm³/mol. The Morgan fingerprint density at radius 3 is 2.20 bits per heavy atom. The molecular formula is C63H77N9O14. The number of benzene rings is 4. The van der Waals surface area contributed by atoms with Gasteiger partial charge in [0, 0.05) is 93.2 Å². The number of likely N-dealkylation sites (tertiary alicyclic amines) is 1. The Labute approximate surface area is 499 Å². The van der Waals surface area contributed by atoms with E-state index in [1.165, 1.54) is 36.3 Å². The molecule has 0 aromatic heterocycles. The van der Waals surface area contributed by atoms with Gasteiger partial charge >= 0.3 is 12.2 Å². The van der Waals surface area contributed by atoms with Crippen molar-refractivity contribution in [2.24, 2.45) is 5.41 Å². The third kappa shape index (κ3) is 14.5. The maximum atomic E-state index is 14.3. The number of anilines is 3. The lowest BCUT2D eigenvalue weighted by Crippen LogP contribution is -2.56. The summed E-state index contributed by atoms with van der Waals surface area (Å²) in [5.74, 6) is -1.32. The number of hydrogen-bond donors (Lipinski definition) is 4. The smallest absolute Gasteiger partial charge is 0.416 e. The lowest BCUT2D eigenvalue weighted by atomic mass is 9.67. The molecule has 2 saturated heterocycles. The van der Waals surface area contributed by atoms with Gasteiger partial charge in [-0.15, -0.1) is 0 Å². The van der Waals surface area contributed by atoms with Crippen LogP contribution in [0.25, 0.3) is 10.8 Å². The summed E-state index contributed by atoms with van der Waals surface area (Å²) >= 11 is 0. The fraction of sp³-hybridized carbons (Fsp3) is 0.476. The molecular weight excluding hydrogens is 1110 g/mol. The van der Waals surface area contributed by atoms with E-state index in [0.29, 0.717) is 133 Å². The van der Waals surface area contributed by atoms with Gasteiger partial charge in [-0.1, -0.05) is 42.8 Å². The zero-order valence-electron chi connectivity index (χ0n) is 49.1. The number of nitrogens with one attached hydrogen (secondary N) is 3. The van der Waals surface area contributed by atoms with Crippen LogP contribution in [-0.4, -0.2) is 178 Å². The summed E-state index contributed by atoms with van der Waals surface area (Å²) in [6.07, 6.45) is 7.52. The molecule has 2 atom stereocenters. The van der Waals surface area contributed by atoms with Crippen molar-refractivity contribution in [1.29, 1.82) is 0 Å². The minimum Gasteiger partial charge on any atom is -0.493 e. The van der Waals surface area contributed by atoms with Crippen molar-refractivity contribution < 1.29 is 67.2 Å². The molecule has 8 amide bonds. The van der Waals surface area contributed by atoms with Crippen molar-refractivity contribution in [2.75, 3.05) is 102 Å². The Bertz CT molecular complexity index is 3200. The first-order valence-corrected chi connectivity index (χ1v) is 29.7. The number of fused-ring (bicyclic) bond motifs is 3. The van der Waals surface area contributed by atoms with E-state index < -0.39 is 47.6 Å². The normalized spacial score (nSPS) is 17.6. The first kappa shape index (κ1) is 62.1. The molecule has 5 aliphatic rings. The molecule has 4 aromatic carbocycles. The Morgan fingerprint density at radius 2 is 1.51 bits per heavy atom. The van der Waals surface area contributed by atoms with Gasteiger partial charge in [0.05, 0.1) is 37.7 Å². The monoisotopic (exact) mass is 1180 g/mol. The summed E-state index contributed by atoms with van der Waals surface area (Å²) in [4.78, 5) is 127. The molecule has 1 saturated carbocycles. The summed E-state index contributed by atoms with van der Waals surface area (Å²) in [5, 5.41) is 21.9. The lowest BCUT2D eigenvalue weighted by molar-refractivity contribution is -0.150. The molecule has 4 N–H and O–H groups in total. The van der Waals surface area contributed by atoms with Crippen LogP contribution in [0.2, 0.25) is 0 Å². The van der Waals surface area contributed by atoms with E-state index in [1.807, 2.05) is 49.3 Å².